The lowest BCUT2D eigenvalue weighted by atomic mass is 10.0. The van der Waals surface area contributed by atoms with Gasteiger partial charge < -0.3 is 10.2 Å². The summed E-state index contributed by atoms with van der Waals surface area (Å²) in [6.07, 6.45) is 2.25. The summed E-state index contributed by atoms with van der Waals surface area (Å²) in [4.78, 5) is 14.5. The van der Waals surface area contributed by atoms with E-state index in [1.165, 1.54) is 5.56 Å². The van der Waals surface area contributed by atoms with Gasteiger partial charge in [-0.15, -0.1) is 12.4 Å². The van der Waals surface area contributed by atoms with E-state index >= 15 is 0 Å². The Morgan fingerprint density at radius 2 is 2.11 bits per heavy atom. The van der Waals surface area contributed by atoms with Crippen molar-refractivity contribution in [1.82, 2.24) is 10.2 Å². The maximum absolute atomic E-state index is 12.5. The van der Waals surface area contributed by atoms with Gasteiger partial charge in [-0.3, -0.25) is 4.79 Å². The minimum Gasteiger partial charge on any atom is -0.337 e. The lowest BCUT2D eigenvalue weighted by Crippen LogP contribution is -2.47. The first kappa shape index (κ1) is 16.0. The Morgan fingerprint density at radius 1 is 1.37 bits per heavy atom. The molecule has 1 heterocycles. The Hall–Kier alpha value is -1.06. The Balaban J connectivity index is 0.00000180. The number of hydrogen-bond donors (Lipinski definition) is 1. The number of amides is 1. The molecule has 19 heavy (non-hydrogen) atoms. The van der Waals surface area contributed by atoms with Crippen LogP contribution in [0.3, 0.4) is 0 Å². The van der Waals surface area contributed by atoms with Crippen molar-refractivity contribution < 1.29 is 4.79 Å². The van der Waals surface area contributed by atoms with Crippen molar-refractivity contribution in [2.75, 3.05) is 20.1 Å². The van der Waals surface area contributed by atoms with E-state index in [9.17, 15) is 4.79 Å². The third kappa shape index (κ3) is 3.71. The van der Waals surface area contributed by atoms with Crippen molar-refractivity contribution in [1.29, 1.82) is 0 Å². The van der Waals surface area contributed by atoms with Crippen LogP contribution >= 0.6 is 12.4 Å². The number of rotatable bonds is 2. The number of halogens is 1. The van der Waals surface area contributed by atoms with Crippen molar-refractivity contribution in [3.8, 4) is 0 Å². The second-order valence-corrected chi connectivity index (χ2v) is 5.20. The number of likely N-dealkylation sites (N-methyl/N-ethyl adjacent to an activating group) is 1. The molecule has 1 fully saturated rings. The largest absolute Gasteiger partial charge is 0.337 e. The lowest BCUT2D eigenvalue weighted by molar-refractivity contribution is 0.0697. The van der Waals surface area contributed by atoms with Crippen LogP contribution in [0.25, 0.3) is 0 Å². The van der Waals surface area contributed by atoms with Gasteiger partial charge in [-0.2, -0.15) is 0 Å². The number of carbonyl (C=O) groups is 1. The van der Waals surface area contributed by atoms with Crippen LogP contribution in [0, 0.1) is 13.8 Å². The molecular formula is C15H23ClN2O. The maximum atomic E-state index is 12.5. The molecule has 1 aliphatic heterocycles. The fourth-order valence-corrected chi connectivity index (χ4v) is 2.62. The topological polar surface area (TPSA) is 32.3 Å². The van der Waals surface area contributed by atoms with Gasteiger partial charge in [0, 0.05) is 24.7 Å². The van der Waals surface area contributed by atoms with E-state index in [4.69, 9.17) is 0 Å². The number of likely N-dealkylation sites (tertiary alicyclic amines) is 1. The van der Waals surface area contributed by atoms with Crippen molar-refractivity contribution >= 4 is 18.3 Å². The minimum absolute atomic E-state index is 0. The maximum Gasteiger partial charge on any atom is 0.254 e. The second-order valence-electron chi connectivity index (χ2n) is 5.20. The van der Waals surface area contributed by atoms with Crippen LogP contribution in [0.1, 0.15) is 34.3 Å². The number of nitrogens with one attached hydrogen (secondary N) is 1. The molecule has 0 saturated carbocycles. The highest BCUT2D eigenvalue weighted by atomic mass is 35.5. The number of nitrogens with zero attached hydrogens (tertiary/aromatic N) is 1. The average molecular weight is 283 g/mol. The van der Waals surface area contributed by atoms with Gasteiger partial charge in [0.2, 0.25) is 0 Å². The zero-order chi connectivity index (χ0) is 13.1. The summed E-state index contributed by atoms with van der Waals surface area (Å²) in [5.41, 5.74) is 3.12. The van der Waals surface area contributed by atoms with Gasteiger partial charge in [0.1, 0.15) is 0 Å². The molecule has 1 atom stereocenters. The number of piperidine rings is 1. The zero-order valence-electron chi connectivity index (χ0n) is 11.9. The lowest BCUT2D eigenvalue weighted by Gasteiger charge is -2.33. The highest BCUT2D eigenvalue weighted by molar-refractivity contribution is 5.95. The average Bonchev–Trinajstić information content (AvgIpc) is 2.38. The molecule has 1 aliphatic rings. The fraction of sp³-hybridized carbons (Fsp3) is 0.533. The van der Waals surface area contributed by atoms with E-state index in [2.05, 4.69) is 18.3 Å². The second kappa shape index (κ2) is 6.92. The molecule has 3 nitrogen and oxygen atoms in total. The van der Waals surface area contributed by atoms with Crippen molar-refractivity contribution in [2.24, 2.45) is 0 Å². The highest BCUT2D eigenvalue weighted by Gasteiger charge is 2.24. The number of carbonyl (C=O) groups excluding carboxylic acids is 1. The summed E-state index contributed by atoms with van der Waals surface area (Å²) in [6, 6.07) is 6.48. The molecule has 1 saturated heterocycles. The van der Waals surface area contributed by atoms with Crippen molar-refractivity contribution in [3.63, 3.8) is 0 Å². The Labute approximate surface area is 121 Å². The fourth-order valence-electron chi connectivity index (χ4n) is 2.62. The Kier molecular flexibility index (Phi) is 5.83. The van der Waals surface area contributed by atoms with E-state index in [-0.39, 0.29) is 18.3 Å². The predicted octanol–water partition coefficient (Wildman–Crippen LogP) is 2.55. The van der Waals surface area contributed by atoms with Gasteiger partial charge in [0.15, 0.2) is 0 Å². The van der Waals surface area contributed by atoms with Crippen molar-refractivity contribution in [3.05, 3.63) is 34.9 Å². The molecule has 0 aromatic heterocycles. The molecule has 2 rings (SSSR count). The Bertz CT molecular complexity index is 448. The molecule has 4 heteroatoms. The normalized spacial score (nSPS) is 18.9. The molecule has 0 aliphatic carbocycles. The van der Waals surface area contributed by atoms with Crippen LogP contribution in [-0.2, 0) is 0 Å². The molecule has 1 amide bonds. The Morgan fingerprint density at radius 3 is 2.74 bits per heavy atom. The van der Waals surface area contributed by atoms with Gasteiger partial charge in [-0.1, -0.05) is 17.7 Å². The van der Waals surface area contributed by atoms with E-state index in [1.807, 2.05) is 31.0 Å². The zero-order valence-corrected chi connectivity index (χ0v) is 12.7. The van der Waals surface area contributed by atoms with Crippen LogP contribution in [0.2, 0.25) is 0 Å². The van der Waals surface area contributed by atoms with Gasteiger partial charge in [-0.05, 0) is 45.4 Å². The number of hydrogen-bond acceptors (Lipinski definition) is 2. The molecular weight excluding hydrogens is 260 g/mol. The summed E-state index contributed by atoms with van der Waals surface area (Å²) < 4.78 is 0. The van der Waals surface area contributed by atoms with Gasteiger partial charge >= 0.3 is 0 Å². The van der Waals surface area contributed by atoms with Crippen molar-refractivity contribution in [2.45, 2.75) is 32.7 Å². The van der Waals surface area contributed by atoms with Gasteiger partial charge in [0.25, 0.3) is 5.91 Å². The third-order valence-electron chi connectivity index (χ3n) is 3.73. The molecule has 1 unspecified atom stereocenters. The van der Waals surface area contributed by atoms with Crippen LogP contribution in [0.4, 0.5) is 0 Å². The first-order valence-electron chi connectivity index (χ1n) is 6.65. The first-order valence-corrected chi connectivity index (χ1v) is 6.65. The monoisotopic (exact) mass is 282 g/mol. The smallest absolute Gasteiger partial charge is 0.254 e. The third-order valence-corrected chi connectivity index (χ3v) is 3.73. The molecule has 0 spiro atoms. The molecule has 0 radical (unpaired) electrons. The first-order chi connectivity index (χ1) is 8.61. The van der Waals surface area contributed by atoms with E-state index in [1.54, 1.807) is 0 Å². The van der Waals surface area contributed by atoms with Crippen LogP contribution < -0.4 is 5.32 Å². The summed E-state index contributed by atoms with van der Waals surface area (Å²) in [6.45, 7) is 5.77. The summed E-state index contributed by atoms with van der Waals surface area (Å²) >= 11 is 0. The number of benzene rings is 1. The summed E-state index contributed by atoms with van der Waals surface area (Å²) in [7, 11) is 1.97. The highest BCUT2D eigenvalue weighted by Crippen LogP contribution is 2.17. The van der Waals surface area contributed by atoms with Crippen LogP contribution in [0.5, 0.6) is 0 Å². The standard InChI is InChI=1S/C15H22N2O.ClH/c1-11-6-7-14(12(2)9-11)15(18)17-8-4-5-13(10-17)16-3;/h6-7,9,13,16H,4-5,8,10H2,1-3H3;1H. The van der Waals surface area contributed by atoms with Gasteiger partial charge in [0.05, 0.1) is 0 Å². The molecule has 1 N–H and O–H groups in total. The van der Waals surface area contributed by atoms with E-state index in [0.29, 0.717) is 6.04 Å². The predicted molar refractivity (Wildman–Crippen MR) is 81.1 cm³/mol. The minimum atomic E-state index is 0. The van der Waals surface area contributed by atoms with Crippen LogP contribution in [-0.4, -0.2) is 37.0 Å². The van der Waals surface area contributed by atoms with E-state index in [0.717, 1.165) is 37.1 Å². The SMILES string of the molecule is CNC1CCCN(C(=O)c2ccc(C)cc2C)C1.Cl. The molecule has 1 aromatic rings. The quantitative estimate of drug-likeness (QED) is 0.904. The van der Waals surface area contributed by atoms with Gasteiger partial charge in [-0.25, -0.2) is 0 Å². The number of aryl methyl sites for hydroxylation is 2. The molecule has 106 valence electrons. The summed E-state index contributed by atoms with van der Waals surface area (Å²) in [5.74, 6) is 0.174. The van der Waals surface area contributed by atoms with E-state index < -0.39 is 0 Å². The molecule has 0 bridgehead atoms. The van der Waals surface area contributed by atoms with Crippen LogP contribution in [0.15, 0.2) is 18.2 Å². The molecule has 1 aromatic carbocycles. The summed E-state index contributed by atoms with van der Waals surface area (Å²) in [5, 5.41) is 3.27.